The summed E-state index contributed by atoms with van der Waals surface area (Å²) in [6, 6.07) is 6.35. The zero-order valence-corrected chi connectivity index (χ0v) is 17.5. The minimum absolute atomic E-state index is 0.0436. The number of benzene rings is 1. The smallest absolute Gasteiger partial charge is 0.422 e. The fraction of sp³-hybridized carbons (Fsp3) is 0.300. The van der Waals surface area contributed by atoms with Crippen LogP contribution in [0, 0.1) is 6.92 Å². The molecule has 1 unspecified atom stereocenters. The predicted octanol–water partition coefficient (Wildman–Crippen LogP) is 3.40. The van der Waals surface area contributed by atoms with Crippen molar-refractivity contribution in [2.75, 3.05) is 0 Å². The number of aliphatic hydroxyl groups is 1. The summed E-state index contributed by atoms with van der Waals surface area (Å²) >= 11 is 1.45. The zero-order chi connectivity index (χ0) is 23.0. The molecule has 7 nitrogen and oxygen atoms in total. The zero-order valence-electron chi connectivity index (χ0n) is 16.7. The van der Waals surface area contributed by atoms with Crippen LogP contribution in [0.15, 0.2) is 50.8 Å². The Morgan fingerprint density at radius 2 is 2.06 bits per heavy atom. The van der Waals surface area contributed by atoms with Crippen LogP contribution in [-0.2, 0) is 6.54 Å². The molecule has 1 atom stereocenters. The molecule has 0 spiro atoms. The molecule has 2 aromatic heterocycles. The number of halogens is 3. The van der Waals surface area contributed by atoms with Crippen molar-refractivity contribution in [2.45, 2.75) is 38.6 Å². The topological polar surface area (TPSA) is 119 Å². The summed E-state index contributed by atoms with van der Waals surface area (Å²) in [5.74, 6) is 5.80. The van der Waals surface area contributed by atoms with E-state index in [1.54, 1.807) is 18.2 Å². The number of rotatable bonds is 6. The van der Waals surface area contributed by atoms with Crippen molar-refractivity contribution in [2.24, 2.45) is 11.6 Å². The van der Waals surface area contributed by atoms with Crippen LogP contribution in [0.25, 0.3) is 22.2 Å². The van der Waals surface area contributed by atoms with Gasteiger partial charge in [0.15, 0.2) is 0 Å². The Hall–Kier alpha value is -2.89. The molecule has 11 heteroatoms. The highest BCUT2D eigenvalue weighted by atomic mass is 32.1. The van der Waals surface area contributed by atoms with Crippen LogP contribution in [0.4, 0.5) is 13.2 Å². The summed E-state index contributed by atoms with van der Waals surface area (Å²) in [5, 5.41) is 14.2. The molecular formula is C20H21F3N4O3S. The molecule has 3 aromatic rings. The summed E-state index contributed by atoms with van der Waals surface area (Å²) < 4.78 is 44.7. The minimum Gasteiger partial charge on any atom is -0.423 e. The van der Waals surface area contributed by atoms with E-state index >= 15 is 0 Å². The normalized spacial score (nSPS) is 14.6. The molecule has 1 aromatic carbocycles. The lowest BCUT2D eigenvalue weighted by atomic mass is 9.96. The first-order valence-corrected chi connectivity index (χ1v) is 10.1. The standard InChI is InChI=1S/C20H21F3N4O3S/c1-3-19(29,20(21,22)23)17(24)9-27(25)8-12-4-5-13-14(15-10-31-11(2)26-15)7-18(28)30-16(13)6-12/h4-7,9-10,29H,3,8,24-25H2,1-2H3/b17-9-. The van der Waals surface area contributed by atoms with Gasteiger partial charge in [-0.3, -0.25) is 0 Å². The first-order chi connectivity index (χ1) is 14.4. The second-order valence-electron chi connectivity index (χ2n) is 7.03. The molecule has 2 heterocycles. The summed E-state index contributed by atoms with van der Waals surface area (Å²) in [6.07, 6.45) is -4.77. The second-order valence-corrected chi connectivity index (χ2v) is 8.09. The van der Waals surface area contributed by atoms with Gasteiger partial charge in [-0.15, -0.1) is 11.3 Å². The lowest BCUT2D eigenvalue weighted by molar-refractivity contribution is -0.245. The van der Waals surface area contributed by atoms with Gasteiger partial charge >= 0.3 is 11.8 Å². The van der Waals surface area contributed by atoms with Crippen molar-refractivity contribution in [1.82, 2.24) is 9.99 Å². The minimum atomic E-state index is -4.94. The van der Waals surface area contributed by atoms with Gasteiger partial charge in [-0.2, -0.15) is 13.2 Å². The van der Waals surface area contributed by atoms with Crippen LogP contribution in [0.3, 0.4) is 0 Å². The van der Waals surface area contributed by atoms with E-state index in [4.69, 9.17) is 16.0 Å². The number of alkyl halides is 3. The van der Waals surface area contributed by atoms with Gasteiger partial charge in [0.1, 0.15) is 5.58 Å². The van der Waals surface area contributed by atoms with Gasteiger partial charge in [-0.1, -0.05) is 19.1 Å². The third-order valence-electron chi connectivity index (χ3n) is 4.83. The van der Waals surface area contributed by atoms with E-state index in [9.17, 15) is 23.1 Å². The average Bonchev–Trinajstić information content (AvgIpc) is 3.11. The van der Waals surface area contributed by atoms with Crippen LogP contribution < -0.4 is 17.2 Å². The number of hydrogen-bond donors (Lipinski definition) is 3. The van der Waals surface area contributed by atoms with Gasteiger partial charge in [0, 0.05) is 28.6 Å². The Labute approximate surface area is 179 Å². The van der Waals surface area contributed by atoms with Gasteiger partial charge in [0.25, 0.3) is 0 Å². The molecule has 0 aliphatic rings. The number of nitrogens with zero attached hydrogens (tertiary/aromatic N) is 2. The van der Waals surface area contributed by atoms with E-state index in [0.717, 1.165) is 16.2 Å². The number of fused-ring (bicyclic) bond motifs is 1. The monoisotopic (exact) mass is 454 g/mol. The summed E-state index contributed by atoms with van der Waals surface area (Å²) in [7, 11) is 0. The summed E-state index contributed by atoms with van der Waals surface area (Å²) in [6.45, 7) is 2.98. The van der Waals surface area contributed by atoms with Crippen molar-refractivity contribution in [1.29, 1.82) is 0 Å². The maximum absolute atomic E-state index is 13.1. The number of aromatic nitrogens is 1. The van der Waals surface area contributed by atoms with E-state index in [0.29, 0.717) is 22.2 Å². The maximum atomic E-state index is 13.1. The highest BCUT2D eigenvalue weighted by Gasteiger charge is 2.54. The van der Waals surface area contributed by atoms with E-state index in [2.05, 4.69) is 4.98 Å². The first kappa shape index (κ1) is 22.8. The van der Waals surface area contributed by atoms with Crippen molar-refractivity contribution >= 4 is 22.3 Å². The predicted molar refractivity (Wildman–Crippen MR) is 112 cm³/mol. The molecule has 0 amide bonds. The van der Waals surface area contributed by atoms with Crippen molar-refractivity contribution < 1.29 is 22.7 Å². The van der Waals surface area contributed by atoms with E-state index in [1.807, 2.05) is 12.3 Å². The van der Waals surface area contributed by atoms with Crippen LogP contribution in [0.2, 0.25) is 0 Å². The Morgan fingerprint density at radius 1 is 1.35 bits per heavy atom. The fourth-order valence-electron chi connectivity index (χ4n) is 3.11. The highest BCUT2D eigenvalue weighted by molar-refractivity contribution is 7.09. The van der Waals surface area contributed by atoms with Gasteiger partial charge in [-0.05, 0) is 25.0 Å². The quantitative estimate of drug-likeness (QED) is 0.297. The third kappa shape index (κ3) is 4.58. The molecule has 0 fully saturated rings. The molecule has 0 aliphatic heterocycles. The van der Waals surface area contributed by atoms with Crippen molar-refractivity contribution in [3.05, 3.63) is 62.5 Å². The lowest BCUT2D eigenvalue weighted by Crippen LogP contribution is -2.49. The number of thiazole rings is 1. The molecule has 0 aliphatic carbocycles. The Kier molecular flexibility index (Phi) is 6.12. The van der Waals surface area contributed by atoms with Gasteiger partial charge in [-0.25, -0.2) is 15.6 Å². The largest absolute Gasteiger partial charge is 0.423 e. The first-order valence-electron chi connectivity index (χ1n) is 9.22. The molecule has 0 radical (unpaired) electrons. The summed E-state index contributed by atoms with van der Waals surface area (Å²) in [4.78, 5) is 16.4. The molecule has 3 rings (SSSR count). The lowest BCUT2D eigenvalue weighted by Gasteiger charge is -2.30. The van der Waals surface area contributed by atoms with Crippen LogP contribution in [0.5, 0.6) is 0 Å². The third-order valence-corrected chi connectivity index (χ3v) is 5.61. The Morgan fingerprint density at radius 3 is 2.65 bits per heavy atom. The second kappa shape index (κ2) is 8.33. The number of hydrazine groups is 1. The fourth-order valence-corrected chi connectivity index (χ4v) is 3.73. The SMILES string of the molecule is CCC(O)(/C(N)=C/N(N)Cc1ccc2c(-c3csc(C)n3)cc(=O)oc2c1)C(F)(F)F. The Bertz CT molecular complexity index is 1190. The number of nitrogens with two attached hydrogens (primary N) is 2. The molecular weight excluding hydrogens is 433 g/mol. The van der Waals surface area contributed by atoms with Gasteiger partial charge in [0.2, 0.25) is 5.60 Å². The molecule has 0 bridgehead atoms. The molecule has 31 heavy (non-hydrogen) atoms. The number of aryl methyl sites for hydroxylation is 1. The average molecular weight is 454 g/mol. The van der Waals surface area contributed by atoms with E-state index < -0.39 is 29.5 Å². The Balaban J connectivity index is 1.91. The van der Waals surface area contributed by atoms with Gasteiger partial charge in [0.05, 0.1) is 22.9 Å². The van der Waals surface area contributed by atoms with Gasteiger partial charge < -0.3 is 20.3 Å². The van der Waals surface area contributed by atoms with Crippen LogP contribution in [0.1, 0.15) is 23.9 Å². The van der Waals surface area contributed by atoms with Crippen molar-refractivity contribution in [3.8, 4) is 11.3 Å². The highest BCUT2D eigenvalue weighted by Crippen LogP contribution is 2.37. The molecule has 5 N–H and O–H groups in total. The van der Waals surface area contributed by atoms with Crippen molar-refractivity contribution in [3.63, 3.8) is 0 Å². The van der Waals surface area contributed by atoms with Crippen LogP contribution in [-0.4, -0.2) is 26.9 Å². The molecule has 166 valence electrons. The summed E-state index contributed by atoms with van der Waals surface area (Å²) in [5.41, 5.74) is 3.06. The molecule has 0 saturated heterocycles. The number of hydrogen-bond acceptors (Lipinski definition) is 8. The maximum Gasteiger partial charge on any atom is 0.422 e. The van der Waals surface area contributed by atoms with Crippen LogP contribution >= 0.6 is 11.3 Å². The molecule has 0 saturated carbocycles. The van der Waals surface area contributed by atoms with E-state index in [-0.39, 0.29) is 12.1 Å². The van der Waals surface area contributed by atoms with E-state index in [1.165, 1.54) is 24.3 Å².